The van der Waals surface area contributed by atoms with Gasteiger partial charge in [0.1, 0.15) is 12.1 Å². The zero-order valence-corrected chi connectivity index (χ0v) is 12.1. The molecule has 1 fully saturated rings. The first kappa shape index (κ1) is 13.9. The molecule has 5 heteroatoms. The number of carboxylic acids is 1. The van der Waals surface area contributed by atoms with Crippen LogP contribution >= 0.6 is 15.9 Å². The van der Waals surface area contributed by atoms with Gasteiger partial charge in [-0.3, -0.25) is 0 Å². The maximum absolute atomic E-state index is 11.4. The molecule has 1 aromatic carbocycles. The second-order valence-electron chi connectivity index (χ2n) is 4.67. The maximum Gasteiger partial charge on any atom is 0.326 e. The highest BCUT2D eigenvalue weighted by Crippen LogP contribution is 2.30. The SMILES string of the molecule is N#Cc1ccc(Br)cc1N1CCCCCC1C(=O)O. The molecule has 1 aliphatic rings. The van der Waals surface area contributed by atoms with Gasteiger partial charge in [0, 0.05) is 11.0 Å². The Morgan fingerprint density at radius 1 is 1.42 bits per heavy atom. The molecule has 1 saturated heterocycles. The third kappa shape index (κ3) is 3.07. The molecule has 1 N–H and O–H groups in total. The van der Waals surface area contributed by atoms with Crippen LogP contribution in [0, 0.1) is 11.3 Å². The Morgan fingerprint density at radius 2 is 2.21 bits per heavy atom. The molecule has 0 spiro atoms. The molecule has 0 saturated carbocycles. The summed E-state index contributed by atoms with van der Waals surface area (Å²) in [6.45, 7) is 0.683. The van der Waals surface area contributed by atoms with E-state index in [0.29, 0.717) is 24.2 Å². The van der Waals surface area contributed by atoms with Crippen molar-refractivity contribution in [1.29, 1.82) is 5.26 Å². The van der Waals surface area contributed by atoms with Crippen LogP contribution in [0.1, 0.15) is 31.2 Å². The summed E-state index contributed by atoms with van der Waals surface area (Å²) in [7, 11) is 0. The molecule has 0 radical (unpaired) electrons. The standard InChI is InChI=1S/C14H15BrN2O2/c15-11-6-5-10(9-16)13(8-11)17-7-3-1-2-4-12(17)14(18)19/h5-6,8,12H,1-4,7H2,(H,18,19). The first-order valence-corrected chi connectivity index (χ1v) is 7.12. The first-order valence-electron chi connectivity index (χ1n) is 6.32. The lowest BCUT2D eigenvalue weighted by Gasteiger charge is -2.30. The van der Waals surface area contributed by atoms with Crippen LogP contribution in [0.3, 0.4) is 0 Å². The minimum absolute atomic E-state index is 0.524. The molecule has 1 aliphatic heterocycles. The van der Waals surface area contributed by atoms with E-state index in [-0.39, 0.29) is 0 Å². The van der Waals surface area contributed by atoms with Gasteiger partial charge in [-0.05, 0) is 31.0 Å². The summed E-state index contributed by atoms with van der Waals surface area (Å²) >= 11 is 3.39. The van der Waals surface area contributed by atoms with Gasteiger partial charge in [0.2, 0.25) is 0 Å². The molecule has 1 aromatic rings. The smallest absolute Gasteiger partial charge is 0.326 e. The van der Waals surface area contributed by atoms with Crippen LogP contribution < -0.4 is 4.90 Å². The molecular formula is C14H15BrN2O2. The normalized spacial score (nSPS) is 19.6. The number of nitrogens with zero attached hydrogens (tertiary/aromatic N) is 2. The first-order chi connectivity index (χ1) is 9.13. The van der Waals surface area contributed by atoms with Crippen molar-refractivity contribution in [1.82, 2.24) is 0 Å². The van der Waals surface area contributed by atoms with Crippen LogP contribution in [-0.2, 0) is 4.79 Å². The van der Waals surface area contributed by atoms with Gasteiger partial charge in [0.05, 0.1) is 11.3 Å². The van der Waals surface area contributed by atoms with Crippen molar-refractivity contribution in [3.63, 3.8) is 0 Å². The highest BCUT2D eigenvalue weighted by molar-refractivity contribution is 9.10. The van der Waals surface area contributed by atoms with Gasteiger partial charge < -0.3 is 10.0 Å². The predicted molar refractivity (Wildman–Crippen MR) is 76.1 cm³/mol. The Labute approximate surface area is 120 Å². The summed E-state index contributed by atoms with van der Waals surface area (Å²) in [6, 6.07) is 6.97. The van der Waals surface area contributed by atoms with Gasteiger partial charge in [-0.1, -0.05) is 28.8 Å². The summed E-state index contributed by atoms with van der Waals surface area (Å²) in [5.41, 5.74) is 1.24. The van der Waals surface area contributed by atoms with E-state index in [1.54, 1.807) is 12.1 Å². The van der Waals surface area contributed by atoms with E-state index in [9.17, 15) is 15.2 Å². The van der Waals surface area contributed by atoms with E-state index >= 15 is 0 Å². The van der Waals surface area contributed by atoms with E-state index in [2.05, 4.69) is 22.0 Å². The van der Waals surface area contributed by atoms with E-state index in [4.69, 9.17) is 0 Å². The van der Waals surface area contributed by atoms with Crippen LogP contribution in [0.4, 0.5) is 5.69 Å². The molecule has 1 unspecified atom stereocenters. The quantitative estimate of drug-likeness (QED) is 0.908. The fourth-order valence-electron chi connectivity index (χ4n) is 2.49. The van der Waals surface area contributed by atoms with Crippen molar-refractivity contribution < 1.29 is 9.90 Å². The Bertz CT molecular complexity index is 525. The second kappa shape index (κ2) is 6.07. The van der Waals surface area contributed by atoms with Gasteiger partial charge in [-0.2, -0.15) is 5.26 Å². The number of benzene rings is 1. The molecule has 2 rings (SSSR count). The Kier molecular flexibility index (Phi) is 4.43. The number of rotatable bonds is 2. The lowest BCUT2D eigenvalue weighted by molar-refractivity contribution is -0.138. The zero-order chi connectivity index (χ0) is 13.8. The molecule has 0 aliphatic carbocycles. The number of anilines is 1. The number of hydrogen-bond acceptors (Lipinski definition) is 3. The van der Waals surface area contributed by atoms with Crippen LogP contribution in [0.15, 0.2) is 22.7 Å². The number of carboxylic acid groups (broad SMARTS) is 1. The highest BCUT2D eigenvalue weighted by atomic mass is 79.9. The fourth-order valence-corrected chi connectivity index (χ4v) is 2.84. The predicted octanol–water partition coefficient (Wildman–Crippen LogP) is 3.15. The molecule has 0 bridgehead atoms. The Hall–Kier alpha value is -1.54. The Balaban J connectivity index is 2.44. The van der Waals surface area contributed by atoms with Crippen molar-refractivity contribution >= 4 is 27.6 Å². The lowest BCUT2D eigenvalue weighted by atomic mass is 10.1. The number of halogens is 1. The van der Waals surface area contributed by atoms with Crippen LogP contribution in [-0.4, -0.2) is 23.7 Å². The highest BCUT2D eigenvalue weighted by Gasteiger charge is 2.28. The Morgan fingerprint density at radius 3 is 2.89 bits per heavy atom. The zero-order valence-electron chi connectivity index (χ0n) is 10.5. The minimum atomic E-state index is -0.814. The summed E-state index contributed by atoms with van der Waals surface area (Å²) < 4.78 is 0.856. The molecule has 1 atom stereocenters. The molecule has 4 nitrogen and oxygen atoms in total. The maximum atomic E-state index is 11.4. The van der Waals surface area contributed by atoms with Gasteiger partial charge >= 0.3 is 5.97 Å². The van der Waals surface area contributed by atoms with Crippen molar-refractivity contribution in [2.24, 2.45) is 0 Å². The third-order valence-electron chi connectivity index (χ3n) is 3.43. The monoisotopic (exact) mass is 322 g/mol. The lowest BCUT2D eigenvalue weighted by Crippen LogP contribution is -2.41. The van der Waals surface area contributed by atoms with Crippen molar-refractivity contribution in [3.8, 4) is 6.07 Å². The molecular weight excluding hydrogens is 308 g/mol. The largest absolute Gasteiger partial charge is 0.480 e. The molecule has 19 heavy (non-hydrogen) atoms. The molecule has 0 amide bonds. The van der Waals surface area contributed by atoms with Gasteiger partial charge in [-0.15, -0.1) is 0 Å². The summed E-state index contributed by atoms with van der Waals surface area (Å²) in [5, 5.41) is 18.6. The number of nitriles is 1. The second-order valence-corrected chi connectivity index (χ2v) is 5.59. The fraction of sp³-hybridized carbons (Fsp3) is 0.429. The van der Waals surface area contributed by atoms with Crippen LogP contribution in [0.2, 0.25) is 0 Å². The molecule has 0 aromatic heterocycles. The van der Waals surface area contributed by atoms with Crippen molar-refractivity contribution in [2.45, 2.75) is 31.7 Å². The summed E-state index contributed by atoms with van der Waals surface area (Å²) in [4.78, 5) is 13.3. The molecule has 1 heterocycles. The van der Waals surface area contributed by atoms with E-state index in [1.807, 2.05) is 11.0 Å². The minimum Gasteiger partial charge on any atom is -0.480 e. The van der Waals surface area contributed by atoms with E-state index in [0.717, 1.165) is 23.7 Å². The average molecular weight is 323 g/mol. The third-order valence-corrected chi connectivity index (χ3v) is 3.92. The van der Waals surface area contributed by atoms with E-state index < -0.39 is 12.0 Å². The van der Waals surface area contributed by atoms with Gasteiger partial charge in [0.25, 0.3) is 0 Å². The van der Waals surface area contributed by atoms with Gasteiger partial charge in [-0.25, -0.2) is 4.79 Å². The van der Waals surface area contributed by atoms with Gasteiger partial charge in [0.15, 0.2) is 0 Å². The molecule has 100 valence electrons. The van der Waals surface area contributed by atoms with Crippen LogP contribution in [0.5, 0.6) is 0 Å². The topological polar surface area (TPSA) is 64.3 Å². The van der Waals surface area contributed by atoms with Crippen molar-refractivity contribution in [3.05, 3.63) is 28.2 Å². The number of aliphatic carboxylic acids is 1. The summed E-state index contributed by atoms with van der Waals surface area (Å²) in [6.07, 6.45) is 3.55. The number of carbonyl (C=O) groups is 1. The summed E-state index contributed by atoms with van der Waals surface area (Å²) in [5.74, 6) is -0.814. The average Bonchev–Trinajstić information content (AvgIpc) is 2.64. The number of hydrogen-bond donors (Lipinski definition) is 1. The van der Waals surface area contributed by atoms with E-state index in [1.165, 1.54) is 0 Å². The van der Waals surface area contributed by atoms with Crippen LogP contribution in [0.25, 0.3) is 0 Å². The van der Waals surface area contributed by atoms with Crippen molar-refractivity contribution in [2.75, 3.05) is 11.4 Å².